The first-order chi connectivity index (χ1) is 17.3. The second-order valence-electron chi connectivity index (χ2n) is 9.10. The molecule has 2 heterocycles. The highest BCUT2D eigenvalue weighted by Crippen LogP contribution is 2.36. The van der Waals surface area contributed by atoms with E-state index in [2.05, 4.69) is 10.5 Å². The first-order valence-corrected chi connectivity index (χ1v) is 13.2. The number of rotatable bonds is 6. The van der Waals surface area contributed by atoms with Crippen molar-refractivity contribution < 1.29 is 22.8 Å². The van der Waals surface area contributed by atoms with E-state index in [0.717, 1.165) is 11.3 Å². The Balaban J connectivity index is 1.15. The van der Waals surface area contributed by atoms with E-state index in [1.54, 1.807) is 48.5 Å². The van der Waals surface area contributed by atoms with Crippen molar-refractivity contribution in [3.8, 4) is 11.5 Å². The van der Waals surface area contributed by atoms with Crippen molar-refractivity contribution in [2.75, 3.05) is 18.4 Å². The van der Waals surface area contributed by atoms with Crippen LogP contribution in [0.15, 0.2) is 88.9 Å². The Hall–Kier alpha value is -3.69. The summed E-state index contributed by atoms with van der Waals surface area (Å²) in [5.74, 6) is 1.06. The van der Waals surface area contributed by atoms with Crippen LogP contribution >= 0.6 is 0 Å². The predicted octanol–water partition coefficient (Wildman–Crippen LogP) is 4.73. The lowest BCUT2D eigenvalue weighted by Crippen LogP contribution is -2.47. The van der Waals surface area contributed by atoms with Crippen LogP contribution in [0.3, 0.4) is 0 Å². The fourth-order valence-corrected chi connectivity index (χ4v) is 5.78. The molecule has 8 nitrogen and oxygen atoms in total. The fourth-order valence-electron chi connectivity index (χ4n) is 4.34. The number of para-hydroxylation sites is 1. The molecule has 0 radical (unpaired) electrons. The molecule has 0 aromatic heterocycles. The van der Waals surface area contributed by atoms with E-state index in [-0.39, 0.29) is 10.8 Å². The lowest BCUT2D eigenvalue weighted by atomic mass is 9.87. The SMILES string of the molecule is Cc1ccc(S(=O)(=O)N2CCC3(CC2)CC(C(=O)Nc2ccc(Oc4ccccc4)cc2)=NO3)cc1. The number of nitrogens with one attached hydrogen (secondary N) is 1. The standard InChI is InChI=1S/C27H27N3O5S/c1-20-7-13-24(14-8-20)36(32,33)30-17-15-27(16-18-30)19-25(29-35-27)26(31)28-21-9-11-23(12-10-21)34-22-5-3-2-4-6-22/h2-14H,15-19H2,1H3,(H,28,31). The molecule has 5 rings (SSSR count). The second kappa shape index (κ2) is 9.75. The summed E-state index contributed by atoms with van der Waals surface area (Å²) < 4.78 is 33.2. The van der Waals surface area contributed by atoms with Crippen molar-refractivity contribution in [1.29, 1.82) is 0 Å². The molecule has 1 fully saturated rings. The molecular formula is C27H27N3O5S. The lowest BCUT2D eigenvalue weighted by Gasteiger charge is -2.36. The first kappa shape index (κ1) is 24.0. The highest BCUT2D eigenvalue weighted by molar-refractivity contribution is 7.89. The first-order valence-electron chi connectivity index (χ1n) is 11.8. The summed E-state index contributed by atoms with van der Waals surface area (Å²) in [5.41, 5.74) is 1.27. The van der Waals surface area contributed by atoms with E-state index < -0.39 is 15.6 Å². The van der Waals surface area contributed by atoms with Gasteiger partial charge in [0.05, 0.1) is 4.90 Å². The maximum atomic E-state index is 13.0. The average molecular weight is 506 g/mol. The van der Waals surface area contributed by atoms with Gasteiger partial charge in [-0.25, -0.2) is 8.42 Å². The number of piperidine rings is 1. The van der Waals surface area contributed by atoms with Crippen LogP contribution in [-0.2, 0) is 19.7 Å². The Morgan fingerprint density at radius 1 is 0.944 bits per heavy atom. The van der Waals surface area contributed by atoms with Crippen molar-refractivity contribution in [2.24, 2.45) is 5.16 Å². The summed E-state index contributed by atoms with van der Waals surface area (Å²) in [6, 6.07) is 23.4. The van der Waals surface area contributed by atoms with Gasteiger partial charge in [-0.15, -0.1) is 0 Å². The quantitative estimate of drug-likeness (QED) is 0.523. The normalized spacial score (nSPS) is 17.3. The lowest BCUT2D eigenvalue weighted by molar-refractivity contribution is -0.110. The molecule has 3 aromatic rings. The summed E-state index contributed by atoms with van der Waals surface area (Å²) in [7, 11) is -3.57. The van der Waals surface area contributed by atoms with Gasteiger partial charge >= 0.3 is 0 Å². The summed E-state index contributed by atoms with van der Waals surface area (Å²) in [6.45, 7) is 2.54. The van der Waals surface area contributed by atoms with Crippen LogP contribution < -0.4 is 10.1 Å². The number of anilines is 1. The van der Waals surface area contributed by atoms with Crippen LogP contribution in [0.2, 0.25) is 0 Å². The Labute approximate surface area is 210 Å². The minimum absolute atomic E-state index is 0.285. The number of benzene rings is 3. The van der Waals surface area contributed by atoms with Gasteiger partial charge in [0.2, 0.25) is 10.0 Å². The number of carbonyl (C=O) groups excluding carboxylic acids is 1. The third-order valence-electron chi connectivity index (χ3n) is 6.48. The van der Waals surface area contributed by atoms with Crippen molar-refractivity contribution >= 4 is 27.3 Å². The van der Waals surface area contributed by atoms with Gasteiger partial charge in [-0.1, -0.05) is 41.1 Å². The third kappa shape index (κ3) is 5.12. The Bertz CT molecular complexity index is 1360. The smallest absolute Gasteiger partial charge is 0.273 e. The van der Waals surface area contributed by atoms with Gasteiger partial charge in [0.15, 0.2) is 0 Å². The average Bonchev–Trinajstić information content (AvgIpc) is 3.30. The van der Waals surface area contributed by atoms with Crippen LogP contribution in [0, 0.1) is 6.92 Å². The molecule has 0 saturated carbocycles. The number of nitrogens with zero attached hydrogens (tertiary/aromatic N) is 2. The highest BCUT2D eigenvalue weighted by atomic mass is 32.2. The number of ether oxygens (including phenoxy) is 1. The van der Waals surface area contributed by atoms with Crippen LogP contribution in [0.25, 0.3) is 0 Å². The highest BCUT2D eigenvalue weighted by Gasteiger charge is 2.45. The van der Waals surface area contributed by atoms with Crippen molar-refractivity contribution in [2.45, 2.75) is 36.7 Å². The van der Waals surface area contributed by atoms with Crippen molar-refractivity contribution in [3.05, 3.63) is 84.4 Å². The summed E-state index contributed by atoms with van der Waals surface area (Å²) >= 11 is 0. The van der Waals surface area contributed by atoms with Gasteiger partial charge in [0.1, 0.15) is 22.8 Å². The van der Waals surface area contributed by atoms with E-state index >= 15 is 0 Å². The minimum atomic E-state index is -3.57. The molecule has 3 aromatic carbocycles. The van der Waals surface area contributed by atoms with Gasteiger partial charge in [0.25, 0.3) is 5.91 Å². The molecule has 0 bridgehead atoms. The molecule has 0 unspecified atom stereocenters. The van der Waals surface area contributed by atoms with E-state index in [0.29, 0.717) is 49.5 Å². The number of carbonyl (C=O) groups is 1. The van der Waals surface area contributed by atoms with Gasteiger partial charge in [-0.2, -0.15) is 4.31 Å². The predicted molar refractivity (Wildman–Crippen MR) is 137 cm³/mol. The number of hydrogen-bond donors (Lipinski definition) is 1. The minimum Gasteiger partial charge on any atom is -0.457 e. The molecule has 1 spiro atoms. The zero-order valence-corrected chi connectivity index (χ0v) is 20.7. The molecule has 9 heteroatoms. The Morgan fingerprint density at radius 2 is 1.58 bits per heavy atom. The molecule has 36 heavy (non-hydrogen) atoms. The Kier molecular flexibility index (Phi) is 6.51. The molecule has 0 aliphatic carbocycles. The summed E-state index contributed by atoms with van der Waals surface area (Å²) in [5, 5.41) is 6.89. The molecule has 2 aliphatic heterocycles. The van der Waals surface area contributed by atoms with Crippen LogP contribution in [0.4, 0.5) is 5.69 Å². The maximum Gasteiger partial charge on any atom is 0.273 e. The number of hydrogen-bond acceptors (Lipinski definition) is 6. The number of amides is 1. The monoisotopic (exact) mass is 505 g/mol. The third-order valence-corrected chi connectivity index (χ3v) is 8.40. The molecular weight excluding hydrogens is 478 g/mol. The van der Waals surface area contributed by atoms with Gasteiger partial charge in [-0.05, 0) is 55.5 Å². The molecule has 1 N–H and O–H groups in total. The summed E-state index contributed by atoms with van der Waals surface area (Å²) in [6.07, 6.45) is 1.26. The van der Waals surface area contributed by atoms with E-state index in [1.165, 1.54) is 4.31 Å². The van der Waals surface area contributed by atoms with E-state index in [4.69, 9.17) is 9.57 Å². The molecule has 2 aliphatic rings. The fraction of sp³-hybridized carbons (Fsp3) is 0.259. The number of oxime groups is 1. The van der Waals surface area contributed by atoms with Gasteiger partial charge < -0.3 is 14.9 Å². The molecule has 0 atom stereocenters. The van der Waals surface area contributed by atoms with Crippen LogP contribution in [0.1, 0.15) is 24.8 Å². The van der Waals surface area contributed by atoms with Crippen LogP contribution in [0.5, 0.6) is 11.5 Å². The zero-order chi connectivity index (χ0) is 25.2. The molecule has 1 amide bonds. The zero-order valence-electron chi connectivity index (χ0n) is 19.9. The molecule has 1 saturated heterocycles. The number of sulfonamides is 1. The second-order valence-corrected chi connectivity index (χ2v) is 11.0. The van der Waals surface area contributed by atoms with Gasteiger partial charge in [0, 0.05) is 38.0 Å². The summed E-state index contributed by atoms with van der Waals surface area (Å²) in [4.78, 5) is 18.8. The van der Waals surface area contributed by atoms with Crippen molar-refractivity contribution in [3.63, 3.8) is 0 Å². The van der Waals surface area contributed by atoms with Crippen molar-refractivity contribution in [1.82, 2.24) is 4.31 Å². The number of aryl methyl sites for hydroxylation is 1. The van der Waals surface area contributed by atoms with E-state index in [1.807, 2.05) is 37.3 Å². The maximum absolute atomic E-state index is 13.0. The van der Waals surface area contributed by atoms with Crippen LogP contribution in [-0.4, -0.2) is 43.0 Å². The Morgan fingerprint density at radius 3 is 2.25 bits per heavy atom. The molecule has 186 valence electrons. The van der Waals surface area contributed by atoms with Gasteiger partial charge in [-0.3, -0.25) is 4.79 Å². The largest absolute Gasteiger partial charge is 0.457 e. The topological polar surface area (TPSA) is 97.3 Å². The van der Waals surface area contributed by atoms with E-state index in [9.17, 15) is 13.2 Å².